The molecule has 33 heavy (non-hydrogen) atoms. The highest BCUT2D eigenvalue weighted by Gasteiger charge is 2.46. The average Bonchev–Trinajstić information content (AvgIpc) is 3.09. The van der Waals surface area contributed by atoms with Crippen LogP contribution in [0.25, 0.3) is 0 Å². The SMILES string of the molecule is Cc1ccc(N2C(=O)CC(N(C(=O)c3ccc(Cl)c([N+](=O)[O-])c3)C3CCCCC3)C2=O)cc1. The van der Waals surface area contributed by atoms with E-state index in [0.29, 0.717) is 18.5 Å². The Morgan fingerprint density at radius 1 is 1.09 bits per heavy atom. The summed E-state index contributed by atoms with van der Waals surface area (Å²) in [6, 6.07) is 9.76. The zero-order chi connectivity index (χ0) is 23.7. The molecule has 0 radical (unpaired) electrons. The Balaban J connectivity index is 1.70. The predicted octanol–water partition coefficient (Wildman–Crippen LogP) is 4.66. The molecule has 0 N–H and O–H groups in total. The molecule has 4 rings (SSSR count). The smallest absolute Gasteiger partial charge is 0.288 e. The van der Waals surface area contributed by atoms with Crippen LogP contribution in [0, 0.1) is 17.0 Å². The van der Waals surface area contributed by atoms with Crippen molar-refractivity contribution in [2.45, 2.75) is 57.5 Å². The number of anilines is 1. The number of carbonyl (C=O) groups is 3. The van der Waals surface area contributed by atoms with E-state index in [1.54, 1.807) is 12.1 Å². The third-order valence-corrected chi connectivity index (χ3v) is 6.66. The molecule has 0 bridgehead atoms. The van der Waals surface area contributed by atoms with Crippen molar-refractivity contribution in [3.05, 3.63) is 68.7 Å². The molecule has 1 saturated heterocycles. The van der Waals surface area contributed by atoms with Gasteiger partial charge in [0, 0.05) is 17.7 Å². The number of nitro benzene ring substituents is 1. The van der Waals surface area contributed by atoms with Crippen LogP contribution in [-0.4, -0.2) is 39.6 Å². The first-order valence-electron chi connectivity index (χ1n) is 11.0. The number of imide groups is 1. The normalized spacial score (nSPS) is 19.1. The maximum absolute atomic E-state index is 13.6. The molecule has 1 heterocycles. The van der Waals surface area contributed by atoms with Gasteiger partial charge >= 0.3 is 0 Å². The molecule has 0 aromatic heterocycles. The topological polar surface area (TPSA) is 101 Å². The Morgan fingerprint density at radius 2 is 1.76 bits per heavy atom. The lowest BCUT2D eigenvalue weighted by Crippen LogP contribution is -2.51. The van der Waals surface area contributed by atoms with E-state index in [1.807, 2.05) is 19.1 Å². The van der Waals surface area contributed by atoms with Gasteiger partial charge in [-0.05, 0) is 44.0 Å². The number of nitrogens with zero attached hydrogens (tertiary/aromatic N) is 3. The number of amides is 3. The minimum atomic E-state index is -0.955. The highest BCUT2D eigenvalue weighted by molar-refractivity contribution is 6.32. The van der Waals surface area contributed by atoms with Gasteiger partial charge in [-0.3, -0.25) is 24.5 Å². The van der Waals surface area contributed by atoms with Gasteiger partial charge in [0.1, 0.15) is 11.1 Å². The van der Waals surface area contributed by atoms with Gasteiger partial charge in [0.2, 0.25) is 5.91 Å². The molecule has 1 aliphatic carbocycles. The van der Waals surface area contributed by atoms with E-state index < -0.39 is 22.8 Å². The van der Waals surface area contributed by atoms with Crippen molar-refractivity contribution in [2.75, 3.05) is 4.90 Å². The van der Waals surface area contributed by atoms with Gasteiger partial charge in [-0.15, -0.1) is 0 Å². The van der Waals surface area contributed by atoms with Crippen molar-refractivity contribution < 1.29 is 19.3 Å². The number of hydrogen-bond donors (Lipinski definition) is 0. The summed E-state index contributed by atoms with van der Waals surface area (Å²) in [4.78, 5) is 53.3. The standard InChI is InChI=1S/C24H24ClN3O5/c1-15-7-10-18(11-8-15)27-22(29)14-21(24(27)31)26(17-5-3-2-4-6-17)23(30)16-9-12-19(25)20(13-16)28(32)33/h7-13,17,21H,2-6,14H2,1H3. The quantitative estimate of drug-likeness (QED) is 0.360. The molecule has 2 fully saturated rings. The molecular weight excluding hydrogens is 446 g/mol. The second-order valence-corrected chi connectivity index (χ2v) is 8.96. The van der Waals surface area contributed by atoms with Gasteiger partial charge in [0.25, 0.3) is 17.5 Å². The number of benzene rings is 2. The lowest BCUT2D eigenvalue weighted by molar-refractivity contribution is -0.384. The van der Waals surface area contributed by atoms with E-state index >= 15 is 0 Å². The number of aryl methyl sites for hydroxylation is 1. The van der Waals surface area contributed by atoms with E-state index in [1.165, 1.54) is 17.0 Å². The first kappa shape index (κ1) is 22.9. The van der Waals surface area contributed by atoms with Crippen molar-refractivity contribution in [1.29, 1.82) is 0 Å². The van der Waals surface area contributed by atoms with E-state index in [-0.39, 0.29) is 34.6 Å². The number of carbonyl (C=O) groups excluding carboxylic acids is 3. The van der Waals surface area contributed by atoms with Crippen LogP contribution in [-0.2, 0) is 9.59 Å². The van der Waals surface area contributed by atoms with Crippen molar-refractivity contribution >= 4 is 40.7 Å². The van der Waals surface area contributed by atoms with E-state index in [0.717, 1.165) is 35.8 Å². The molecular formula is C24H24ClN3O5. The fourth-order valence-electron chi connectivity index (χ4n) is 4.65. The Hall–Kier alpha value is -3.26. The van der Waals surface area contributed by atoms with Crippen molar-refractivity contribution in [3.63, 3.8) is 0 Å². The summed E-state index contributed by atoms with van der Waals surface area (Å²) < 4.78 is 0. The molecule has 3 amide bonds. The van der Waals surface area contributed by atoms with Crippen LogP contribution in [0.1, 0.15) is 54.4 Å². The minimum absolute atomic E-state index is 0.0709. The van der Waals surface area contributed by atoms with E-state index in [4.69, 9.17) is 11.6 Å². The van der Waals surface area contributed by atoms with Crippen LogP contribution in [0.15, 0.2) is 42.5 Å². The molecule has 0 spiro atoms. The summed E-state index contributed by atoms with van der Waals surface area (Å²) in [6.07, 6.45) is 4.16. The summed E-state index contributed by atoms with van der Waals surface area (Å²) in [5.74, 6) is -1.32. The van der Waals surface area contributed by atoms with Crippen LogP contribution < -0.4 is 4.90 Å². The molecule has 1 saturated carbocycles. The molecule has 1 aliphatic heterocycles. The van der Waals surface area contributed by atoms with E-state index in [2.05, 4.69) is 0 Å². The average molecular weight is 470 g/mol. The number of rotatable bonds is 5. The van der Waals surface area contributed by atoms with Crippen LogP contribution >= 0.6 is 11.6 Å². The Labute approximate surface area is 196 Å². The van der Waals surface area contributed by atoms with Gasteiger partial charge < -0.3 is 4.90 Å². The molecule has 2 aliphatic rings. The van der Waals surface area contributed by atoms with Gasteiger partial charge in [-0.2, -0.15) is 0 Å². The zero-order valence-electron chi connectivity index (χ0n) is 18.2. The molecule has 1 unspecified atom stereocenters. The first-order chi connectivity index (χ1) is 15.8. The lowest BCUT2D eigenvalue weighted by atomic mass is 9.92. The summed E-state index contributed by atoms with van der Waals surface area (Å²) in [6.45, 7) is 1.91. The van der Waals surface area contributed by atoms with Gasteiger partial charge in [0.05, 0.1) is 17.0 Å². The largest absolute Gasteiger partial charge is 0.323 e. The van der Waals surface area contributed by atoms with Crippen LogP contribution in [0.2, 0.25) is 5.02 Å². The maximum atomic E-state index is 13.6. The molecule has 8 nitrogen and oxygen atoms in total. The second-order valence-electron chi connectivity index (χ2n) is 8.55. The molecule has 2 aromatic carbocycles. The zero-order valence-corrected chi connectivity index (χ0v) is 19.0. The number of nitro groups is 1. The highest BCUT2D eigenvalue weighted by Crippen LogP contribution is 2.33. The minimum Gasteiger partial charge on any atom is -0.323 e. The van der Waals surface area contributed by atoms with Crippen molar-refractivity contribution in [1.82, 2.24) is 4.90 Å². The van der Waals surface area contributed by atoms with Gasteiger partial charge in [0.15, 0.2) is 0 Å². The summed E-state index contributed by atoms with van der Waals surface area (Å²) in [7, 11) is 0. The summed E-state index contributed by atoms with van der Waals surface area (Å²) in [5, 5.41) is 11.3. The van der Waals surface area contributed by atoms with Crippen molar-refractivity contribution in [2.24, 2.45) is 0 Å². The van der Waals surface area contributed by atoms with Crippen LogP contribution in [0.4, 0.5) is 11.4 Å². The van der Waals surface area contributed by atoms with Gasteiger partial charge in [-0.25, -0.2) is 4.90 Å². The molecule has 9 heteroatoms. The Kier molecular flexibility index (Phi) is 6.47. The van der Waals surface area contributed by atoms with Gasteiger partial charge in [-0.1, -0.05) is 48.6 Å². The van der Waals surface area contributed by atoms with Crippen LogP contribution in [0.3, 0.4) is 0 Å². The monoisotopic (exact) mass is 469 g/mol. The first-order valence-corrected chi connectivity index (χ1v) is 11.4. The summed E-state index contributed by atoms with van der Waals surface area (Å²) in [5.41, 5.74) is 1.17. The summed E-state index contributed by atoms with van der Waals surface area (Å²) >= 11 is 5.92. The van der Waals surface area contributed by atoms with E-state index in [9.17, 15) is 24.5 Å². The Bertz CT molecular complexity index is 1110. The second kappa shape index (κ2) is 9.31. The maximum Gasteiger partial charge on any atom is 0.288 e. The number of hydrogen-bond acceptors (Lipinski definition) is 5. The fourth-order valence-corrected chi connectivity index (χ4v) is 4.84. The molecule has 1 atom stereocenters. The number of halogens is 1. The predicted molar refractivity (Wildman–Crippen MR) is 123 cm³/mol. The highest BCUT2D eigenvalue weighted by atomic mass is 35.5. The molecule has 172 valence electrons. The van der Waals surface area contributed by atoms with Crippen LogP contribution in [0.5, 0.6) is 0 Å². The third kappa shape index (κ3) is 4.48. The van der Waals surface area contributed by atoms with Crippen molar-refractivity contribution in [3.8, 4) is 0 Å². The Morgan fingerprint density at radius 3 is 2.39 bits per heavy atom. The molecule has 2 aromatic rings. The fraction of sp³-hybridized carbons (Fsp3) is 0.375. The lowest BCUT2D eigenvalue weighted by Gasteiger charge is -2.37. The third-order valence-electron chi connectivity index (χ3n) is 6.34.